The molecule has 1 aliphatic heterocycles. The quantitative estimate of drug-likeness (QED) is 0.554. The van der Waals surface area contributed by atoms with E-state index < -0.39 is 5.97 Å². The molecule has 33 heavy (non-hydrogen) atoms. The van der Waals surface area contributed by atoms with Crippen LogP contribution in [0.5, 0.6) is 0 Å². The fraction of sp³-hybridized carbons (Fsp3) is 0.160. The molecule has 1 aromatic heterocycles. The van der Waals surface area contributed by atoms with Gasteiger partial charge in [-0.1, -0.05) is 0 Å². The molecular formula is C25H24N4O3S. The molecule has 168 valence electrons. The molecule has 0 saturated carbocycles. The van der Waals surface area contributed by atoms with Gasteiger partial charge in [0.05, 0.1) is 16.2 Å². The minimum atomic E-state index is -0.982. The summed E-state index contributed by atoms with van der Waals surface area (Å²) < 4.78 is 2.03. The third kappa shape index (κ3) is 4.56. The van der Waals surface area contributed by atoms with Crippen LogP contribution in [0.15, 0.2) is 70.7 Å². The lowest BCUT2D eigenvalue weighted by molar-refractivity contribution is -0.121. The molecular weight excluding hydrogens is 436 g/mol. The number of likely N-dealkylation sites (N-methyl/N-ethyl adjacent to an activating group) is 1. The van der Waals surface area contributed by atoms with Crippen molar-refractivity contribution in [3.63, 3.8) is 0 Å². The molecule has 1 fully saturated rings. The predicted molar refractivity (Wildman–Crippen MR) is 134 cm³/mol. The van der Waals surface area contributed by atoms with Gasteiger partial charge in [0.1, 0.15) is 0 Å². The van der Waals surface area contributed by atoms with Gasteiger partial charge in [-0.05, 0) is 84.9 Å². The second-order valence-electron chi connectivity index (χ2n) is 7.89. The van der Waals surface area contributed by atoms with Crippen molar-refractivity contribution in [2.75, 3.05) is 26.0 Å². The van der Waals surface area contributed by atoms with Crippen LogP contribution in [0, 0.1) is 6.92 Å². The number of hydrogen-bond donors (Lipinski definition) is 1. The van der Waals surface area contributed by atoms with Gasteiger partial charge in [-0.3, -0.25) is 9.69 Å². The lowest BCUT2D eigenvalue weighted by Gasteiger charge is -2.13. The number of carbonyl (C=O) groups excluding carboxylic acids is 1. The molecule has 1 N–H and O–H groups in total. The third-order valence-corrected chi connectivity index (χ3v) is 6.43. The van der Waals surface area contributed by atoms with E-state index in [4.69, 9.17) is 5.11 Å². The van der Waals surface area contributed by atoms with E-state index in [0.717, 1.165) is 22.6 Å². The van der Waals surface area contributed by atoms with Crippen molar-refractivity contribution in [2.24, 2.45) is 4.99 Å². The van der Waals surface area contributed by atoms with Crippen molar-refractivity contribution in [3.05, 3.63) is 82.5 Å². The first-order valence-electron chi connectivity index (χ1n) is 10.3. The Balaban J connectivity index is 1.62. The highest BCUT2D eigenvalue weighted by Gasteiger charge is 2.30. The minimum Gasteiger partial charge on any atom is -0.478 e. The Bertz CT molecular complexity index is 1290. The zero-order valence-corrected chi connectivity index (χ0v) is 19.6. The van der Waals surface area contributed by atoms with Crippen LogP contribution in [-0.2, 0) is 4.79 Å². The van der Waals surface area contributed by atoms with Crippen LogP contribution in [0.1, 0.15) is 21.6 Å². The second-order valence-corrected chi connectivity index (χ2v) is 8.90. The number of amides is 1. The zero-order valence-electron chi connectivity index (χ0n) is 18.8. The molecule has 3 aromatic rings. The summed E-state index contributed by atoms with van der Waals surface area (Å²) >= 11 is 1.30. The fourth-order valence-electron chi connectivity index (χ4n) is 3.46. The normalized spacial score (nSPS) is 16.1. The summed E-state index contributed by atoms with van der Waals surface area (Å²) in [6.45, 7) is 1.80. The molecule has 0 unspecified atom stereocenters. The monoisotopic (exact) mass is 460 g/mol. The number of amidine groups is 1. The molecule has 1 amide bonds. The maximum absolute atomic E-state index is 12.9. The Morgan fingerprint density at radius 2 is 1.85 bits per heavy atom. The number of nitrogens with zero attached hydrogens (tertiary/aromatic N) is 4. The summed E-state index contributed by atoms with van der Waals surface area (Å²) in [7, 11) is 5.69. The summed E-state index contributed by atoms with van der Waals surface area (Å²) in [6.07, 6.45) is 3.83. The Kier molecular flexibility index (Phi) is 6.11. The van der Waals surface area contributed by atoms with E-state index in [9.17, 15) is 9.59 Å². The molecule has 7 nitrogen and oxygen atoms in total. The molecule has 1 saturated heterocycles. The predicted octanol–water partition coefficient (Wildman–Crippen LogP) is 4.78. The fourth-order valence-corrected chi connectivity index (χ4v) is 4.43. The average molecular weight is 461 g/mol. The Labute approximate surface area is 196 Å². The zero-order chi connectivity index (χ0) is 23.7. The first-order chi connectivity index (χ1) is 15.7. The van der Waals surface area contributed by atoms with Crippen molar-refractivity contribution in [1.82, 2.24) is 9.47 Å². The van der Waals surface area contributed by atoms with Gasteiger partial charge >= 0.3 is 5.97 Å². The van der Waals surface area contributed by atoms with Gasteiger partial charge < -0.3 is 14.6 Å². The summed E-state index contributed by atoms with van der Waals surface area (Å²) in [6, 6.07) is 16.9. The number of aryl methyl sites for hydroxylation is 1. The molecule has 0 spiro atoms. The number of hydrogen-bond acceptors (Lipinski definition) is 5. The number of carboxylic acids is 1. The van der Waals surface area contributed by atoms with Crippen LogP contribution in [0.4, 0.5) is 11.4 Å². The maximum atomic E-state index is 12.9. The molecule has 2 aromatic carbocycles. The van der Waals surface area contributed by atoms with Gasteiger partial charge in [0.2, 0.25) is 0 Å². The van der Waals surface area contributed by atoms with Gasteiger partial charge in [0, 0.05) is 44.4 Å². The standard InChI is InChI=1S/C25H24N4O3S/c1-16-14-17(24(31)32)7-12-21(16)26-25-28(4)23(30)22(33-25)15-20-6-5-13-29(20)19-10-8-18(9-11-19)27(2)3/h5-15H,1-4H3,(H,31,32)/b22-15-,26-25?. The van der Waals surface area contributed by atoms with Gasteiger partial charge in [0.15, 0.2) is 5.17 Å². The maximum Gasteiger partial charge on any atom is 0.335 e. The van der Waals surface area contributed by atoms with Crippen molar-refractivity contribution in [1.29, 1.82) is 0 Å². The highest BCUT2D eigenvalue weighted by atomic mass is 32.2. The molecule has 4 rings (SSSR count). The van der Waals surface area contributed by atoms with Crippen molar-refractivity contribution < 1.29 is 14.7 Å². The van der Waals surface area contributed by atoms with E-state index in [2.05, 4.69) is 17.1 Å². The number of aliphatic imine (C=N–C) groups is 1. The van der Waals surface area contributed by atoms with Crippen molar-refractivity contribution in [3.8, 4) is 5.69 Å². The van der Waals surface area contributed by atoms with Crippen LogP contribution < -0.4 is 4.90 Å². The van der Waals surface area contributed by atoms with Gasteiger partial charge in [-0.25, -0.2) is 9.79 Å². The third-order valence-electron chi connectivity index (χ3n) is 5.37. The van der Waals surface area contributed by atoms with Crippen molar-refractivity contribution >= 4 is 46.3 Å². The van der Waals surface area contributed by atoms with E-state index in [1.54, 1.807) is 26.1 Å². The van der Waals surface area contributed by atoms with E-state index in [1.807, 2.05) is 60.1 Å². The Hall–Kier alpha value is -3.78. The van der Waals surface area contributed by atoms with Crippen LogP contribution >= 0.6 is 11.8 Å². The summed E-state index contributed by atoms with van der Waals surface area (Å²) in [5.74, 6) is -1.11. The van der Waals surface area contributed by atoms with Gasteiger partial charge in [-0.2, -0.15) is 0 Å². The number of anilines is 1. The molecule has 0 atom stereocenters. The van der Waals surface area contributed by atoms with Crippen molar-refractivity contribution in [2.45, 2.75) is 6.92 Å². The number of carboxylic acid groups (broad SMARTS) is 1. The largest absolute Gasteiger partial charge is 0.478 e. The minimum absolute atomic E-state index is 0.130. The van der Waals surface area contributed by atoms with Crippen LogP contribution in [-0.4, -0.2) is 52.8 Å². The first-order valence-corrected chi connectivity index (χ1v) is 11.1. The molecule has 0 bridgehead atoms. The second kappa shape index (κ2) is 8.99. The van der Waals surface area contributed by atoms with E-state index in [0.29, 0.717) is 15.8 Å². The van der Waals surface area contributed by atoms with Crippen LogP contribution in [0.3, 0.4) is 0 Å². The highest BCUT2D eigenvalue weighted by Crippen LogP contribution is 2.34. The first kappa shape index (κ1) is 22.4. The number of benzene rings is 2. The molecule has 1 aliphatic rings. The average Bonchev–Trinajstić information content (AvgIpc) is 3.35. The van der Waals surface area contributed by atoms with Crippen LogP contribution in [0.2, 0.25) is 0 Å². The number of rotatable bonds is 5. The lowest BCUT2D eigenvalue weighted by Crippen LogP contribution is -2.23. The highest BCUT2D eigenvalue weighted by molar-refractivity contribution is 8.18. The smallest absolute Gasteiger partial charge is 0.335 e. The van der Waals surface area contributed by atoms with E-state index in [1.165, 1.54) is 22.7 Å². The van der Waals surface area contributed by atoms with E-state index >= 15 is 0 Å². The molecule has 0 radical (unpaired) electrons. The molecule has 2 heterocycles. The van der Waals surface area contributed by atoms with Gasteiger partial charge in [0.25, 0.3) is 5.91 Å². The molecule has 8 heteroatoms. The number of thioether (sulfide) groups is 1. The number of aromatic carboxylic acids is 1. The number of carbonyl (C=O) groups is 2. The lowest BCUT2D eigenvalue weighted by atomic mass is 10.1. The summed E-state index contributed by atoms with van der Waals surface area (Å²) in [5, 5.41) is 9.70. The summed E-state index contributed by atoms with van der Waals surface area (Å²) in [5.41, 5.74) is 4.58. The number of aromatic nitrogens is 1. The summed E-state index contributed by atoms with van der Waals surface area (Å²) in [4.78, 5) is 32.8. The van der Waals surface area contributed by atoms with Crippen LogP contribution in [0.25, 0.3) is 11.8 Å². The topological polar surface area (TPSA) is 78.1 Å². The molecule has 0 aliphatic carbocycles. The van der Waals surface area contributed by atoms with Gasteiger partial charge in [-0.15, -0.1) is 0 Å². The Morgan fingerprint density at radius 3 is 2.48 bits per heavy atom. The SMILES string of the molecule is Cc1cc(C(=O)O)ccc1N=C1S/C(=C\c2cccn2-c2ccc(N(C)C)cc2)C(=O)N1C. The van der Waals surface area contributed by atoms with E-state index in [-0.39, 0.29) is 11.5 Å². The Morgan fingerprint density at radius 1 is 1.12 bits per heavy atom.